The Bertz CT molecular complexity index is 1620. The van der Waals surface area contributed by atoms with Crippen molar-refractivity contribution in [2.24, 2.45) is 0 Å². The van der Waals surface area contributed by atoms with E-state index in [0.29, 0.717) is 5.75 Å². The number of methoxy groups -OCH3 is 1. The Morgan fingerprint density at radius 3 is 1.94 bits per heavy atom. The van der Waals surface area contributed by atoms with Crippen LogP contribution >= 0.6 is 0 Å². The van der Waals surface area contributed by atoms with Gasteiger partial charge in [0.05, 0.1) is 16.9 Å². The third-order valence-corrected chi connectivity index (χ3v) is 7.51. The normalized spacial score (nSPS) is 11.3. The van der Waals surface area contributed by atoms with Gasteiger partial charge in [0.2, 0.25) is 9.84 Å². The maximum atomic E-state index is 13.2. The molecule has 5 aromatic rings. The van der Waals surface area contributed by atoms with Crippen molar-refractivity contribution in [3.63, 3.8) is 0 Å². The van der Waals surface area contributed by atoms with Crippen molar-refractivity contribution in [3.05, 3.63) is 103 Å². The van der Waals surface area contributed by atoms with E-state index >= 15 is 0 Å². The third kappa shape index (κ3) is 4.71. The Balaban J connectivity index is 1.37. The standard InChI is InChI=1S/C28H24N4O3S/c1-19-18-26(25-4-3-5-27(35-2)28(25)30-19)32-21-8-12-24(13-9-21)36(33,34)23-10-6-20(7-11-23)31-22-14-16-29-17-15-22/h3-18H,1-2H3,(H,29,31)(H,30,32). The minimum Gasteiger partial charge on any atom is -0.494 e. The van der Waals surface area contributed by atoms with Crippen LogP contribution in [-0.2, 0) is 9.84 Å². The van der Waals surface area contributed by atoms with Gasteiger partial charge in [0.25, 0.3) is 0 Å². The molecule has 3 aromatic carbocycles. The SMILES string of the molecule is COc1cccc2c(Nc3ccc(S(=O)(=O)c4ccc(Nc5ccncc5)cc4)cc3)cc(C)nc12. The monoisotopic (exact) mass is 496 g/mol. The number of nitrogens with zero attached hydrogens (tertiary/aromatic N) is 2. The van der Waals surface area contributed by atoms with Crippen LogP contribution < -0.4 is 15.4 Å². The summed E-state index contributed by atoms with van der Waals surface area (Å²) >= 11 is 0. The molecular weight excluding hydrogens is 472 g/mol. The summed E-state index contributed by atoms with van der Waals surface area (Å²) in [6, 6.07) is 24.8. The molecular formula is C28H24N4O3S. The first-order chi connectivity index (χ1) is 17.4. The van der Waals surface area contributed by atoms with Gasteiger partial charge in [-0.2, -0.15) is 0 Å². The summed E-state index contributed by atoms with van der Waals surface area (Å²) in [6.45, 7) is 1.92. The second kappa shape index (κ2) is 9.67. The van der Waals surface area contributed by atoms with Crippen LogP contribution in [-0.4, -0.2) is 25.5 Å². The maximum Gasteiger partial charge on any atom is 0.206 e. The number of nitrogens with one attached hydrogen (secondary N) is 2. The summed E-state index contributed by atoms with van der Waals surface area (Å²) in [7, 11) is -2.04. The van der Waals surface area contributed by atoms with E-state index in [1.807, 2.05) is 43.3 Å². The lowest BCUT2D eigenvalue weighted by molar-refractivity contribution is 0.419. The Kier molecular flexibility index (Phi) is 6.26. The first kappa shape index (κ1) is 23.3. The molecule has 2 heterocycles. The summed E-state index contributed by atoms with van der Waals surface area (Å²) in [6.07, 6.45) is 3.38. The quantitative estimate of drug-likeness (QED) is 0.274. The van der Waals surface area contributed by atoms with Crippen LogP contribution in [0.1, 0.15) is 5.69 Å². The highest BCUT2D eigenvalue weighted by atomic mass is 32.2. The molecule has 7 nitrogen and oxygen atoms in total. The molecule has 36 heavy (non-hydrogen) atoms. The number of hydrogen-bond acceptors (Lipinski definition) is 7. The van der Waals surface area contributed by atoms with Gasteiger partial charge in [-0.25, -0.2) is 13.4 Å². The molecule has 0 radical (unpaired) electrons. The van der Waals surface area contributed by atoms with Gasteiger partial charge in [0.1, 0.15) is 11.3 Å². The Morgan fingerprint density at radius 2 is 1.33 bits per heavy atom. The fourth-order valence-electron chi connectivity index (χ4n) is 3.95. The van der Waals surface area contributed by atoms with E-state index in [9.17, 15) is 8.42 Å². The van der Waals surface area contributed by atoms with Gasteiger partial charge in [0, 0.05) is 46.2 Å². The van der Waals surface area contributed by atoms with Crippen molar-refractivity contribution < 1.29 is 13.2 Å². The number of fused-ring (bicyclic) bond motifs is 1. The highest BCUT2D eigenvalue weighted by molar-refractivity contribution is 7.91. The molecule has 0 amide bonds. The predicted molar refractivity (Wildman–Crippen MR) is 142 cm³/mol. The smallest absolute Gasteiger partial charge is 0.206 e. The molecule has 0 bridgehead atoms. The molecule has 0 aliphatic rings. The van der Waals surface area contributed by atoms with Crippen molar-refractivity contribution in [2.45, 2.75) is 16.7 Å². The van der Waals surface area contributed by atoms with Crippen molar-refractivity contribution in [2.75, 3.05) is 17.7 Å². The Labute approximate surface area is 209 Å². The largest absolute Gasteiger partial charge is 0.494 e. The number of ether oxygens (including phenoxy) is 1. The zero-order valence-electron chi connectivity index (χ0n) is 19.8. The second-order valence-electron chi connectivity index (χ2n) is 8.21. The fraction of sp³-hybridized carbons (Fsp3) is 0.0714. The van der Waals surface area contributed by atoms with Crippen LogP contribution in [0.3, 0.4) is 0 Å². The molecule has 0 spiro atoms. The molecule has 5 rings (SSSR count). The Morgan fingerprint density at radius 1 is 0.750 bits per heavy atom. The molecule has 0 unspecified atom stereocenters. The minimum absolute atomic E-state index is 0.223. The van der Waals surface area contributed by atoms with Crippen LogP contribution in [0.2, 0.25) is 0 Å². The van der Waals surface area contributed by atoms with E-state index in [1.165, 1.54) is 0 Å². The van der Waals surface area contributed by atoms with E-state index in [-0.39, 0.29) is 9.79 Å². The summed E-state index contributed by atoms with van der Waals surface area (Å²) in [5.41, 5.74) is 4.90. The van der Waals surface area contributed by atoms with E-state index in [2.05, 4.69) is 20.6 Å². The van der Waals surface area contributed by atoms with E-state index < -0.39 is 9.84 Å². The first-order valence-corrected chi connectivity index (χ1v) is 12.8. The topological polar surface area (TPSA) is 93.2 Å². The molecule has 0 aliphatic heterocycles. The number of para-hydroxylation sites is 1. The number of pyridine rings is 2. The lowest BCUT2D eigenvalue weighted by Gasteiger charge is -2.13. The lowest BCUT2D eigenvalue weighted by Crippen LogP contribution is -2.02. The summed E-state index contributed by atoms with van der Waals surface area (Å²) in [5.74, 6) is 0.697. The number of sulfone groups is 1. The highest BCUT2D eigenvalue weighted by Crippen LogP contribution is 2.32. The highest BCUT2D eigenvalue weighted by Gasteiger charge is 2.18. The van der Waals surface area contributed by atoms with Gasteiger partial charge in [-0.15, -0.1) is 0 Å². The van der Waals surface area contributed by atoms with Crippen molar-refractivity contribution in [1.29, 1.82) is 0 Å². The summed E-state index contributed by atoms with van der Waals surface area (Å²) < 4.78 is 31.8. The predicted octanol–water partition coefficient (Wildman–Crippen LogP) is 6.27. The van der Waals surface area contributed by atoms with E-state index in [1.54, 1.807) is 68.0 Å². The molecule has 2 N–H and O–H groups in total. The number of anilines is 4. The number of hydrogen-bond donors (Lipinski definition) is 2. The average molecular weight is 497 g/mol. The van der Waals surface area contributed by atoms with Crippen LogP contribution in [0, 0.1) is 6.92 Å². The van der Waals surface area contributed by atoms with E-state index in [0.717, 1.165) is 39.3 Å². The number of rotatable bonds is 7. The molecule has 0 aliphatic carbocycles. The van der Waals surface area contributed by atoms with E-state index in [4.69, 9.17) is 4.74 Å². The fourth-order valence-corrected chi connectivity index (χ4v) is 5.21. The number of benzene rings is 3. The van der Waals surface area contributed by atoms with Crippen LogP contribution in [0.4, 0.5) is 22.7 Å². The summed E-state index contributed by atoms with van der Waals surface area (Å²) in [4.78, 5) is 9.05. The second-order valence-corrected chi connectivity index (χ2v) is 10.2. The zero-order chi connectivity index (χ0) is 25.1. The number of aryl methyl sites for hydroxylation is 1. The minimum atomic E-state index is -3.66. The van der Waals surface area contributed by atoms with Gasteiger partial charge in [-0.05, 0) is 79.7 Å². The van der Waals surface area contributed by atoms with Crippen molar-refractivity contribution in [3.8, 4) is 5.75 Å². The Hall–Kier alpha value is -4.43. The number of aromatic nitrogens is 2. The van der Waals surface area contributed by atoms with Crippen LogP contribution in [0.25, 0.3) is 10.9 Å². The molecule has 8 heteroatoms. The molecule has 0 fully saturated rings. The summed E-state index contributed by atoms with van der Waals surface area (Å²) in [5, 5.41) is 7.52. The van der Waals surface area contributed by atoms with Gasteiger partial charge >= 0.3 is 0 Å². The molecule has 0 saturated heterocycles. The molecule has 180 valence electrons. The lowest BCUT2D eigenvalue weighted by atomic mass is 10.1. The zero-order valence-corrected chi connectivity index (χ0v) is 20.6. The molecule has 2 aromatic heterocycles. The van der Waals surface area contributed by atoms with Crippen LogP contribution in [0.5, 0.6) is 5.75 Å². The van der Waals surface area contributed by atoms with Crippen LogP contribution in [0.15, 0.2) is 107 Å². The average Bonchev–Trinajstić information content (AvgIpc) is 2.89. The van der Waals surface area contributed by atoms with Gasteiger partial charge in [-0.3, -0.25) is 4.98 Å². The van der Waals surface area contributed by atoms with Gasteiger partial charge < -0.3 is 15.4 Å². The first-order valence-electron chi connectivity index (χ1n) is 11.3. The van der Waals surface area contributed by atoms with Gasteiger partial charge in [-0.1, -0.05) is 12.1 Å². The molecule has 0 atom stereocenters. The maximum absolute atomic E-state index is 13.2. The van der Waals surface area contributed by atoms with Crippen molar-refractivity contribution >= 4 is 43.5 Å². The third-order valence-electron chi connectivity index (χ3n) is 5.73. The molecule has 0 saturated carbocycles. The van der Waals surface area contributed by atoms with Gasteiger partial charge in [0.15, 0.2) is 0 Å². The van der Waals surface area contributed by atoms with Crippen molar-refractivity contribution in [1.82, 2.24) is 9.97 Å².